The molecule has 0 aliphatic heterocycles. The van der Waals surface area contributed by atoms with Gasteiger partial charge in [-0.15, -0.1) is 0 Å². The van der Waals surface area contributed by atoms with Crippen LogP contribution >= 0.6 is 0 Å². The smallest absolute Gasteiger partial charge is 0.303 e. The molecule has 0 aromatic rings. The van der Waals surface area contributed by atoms with E-state index in [2.05, 4.69) is 43.4 Å². The molecule has 0 saturated carbocycles. The van der Waals surface area contributed by atoms with Crippen molar-refractivity contribution in [2.24, 2.45) is 0 Å². The Morgan fingerprint density at radius 3 is 1.84 bits per heavy atom. The van der Waals surface area contributed by atoms with Crippen molar-refractivity contribution in [1.29, 1.82) is 0 Å². The number of hydrogen-bond acceptors (Lipinski definition) is 2. The summed E-state index contributed by atoms with van der Waals surface area (Å²) in [4.78, 5) is 10.3. The Morgan fingerprint density at radius 1 is 0.720 bits per heavy atom. The molecule has 0 rings (SSSR count). The van der Waals surface area contributed by atoms with Gasteiger partial charge in [-0.3, -0.25) is 4.79 Å². The standard InChI is InChI=1S/C22H32O3/c1-2-3-4-5-12-15-18-21(23)19-16-13-10-8-6-7-9-11-14-17-20-22(24)25/h3-4,6-7,10-15,19,23H,2,5,8-9,16-18,20H2,1H3,(H,24,25)/b4-3-,7-6-,13-10-,14-11-,15-12-,21-19-. The Kier molecular flexibility index (Phi) is 16.4. The normalized spacial score (nSPS) is 13.4. The molecule has 3 heteroatoms. The summed E-state index contributed by atoms with van der Waals surface area (Å²) in [5.74, 6) is -0.354. The first-order chi connectivity index (χ1) is 12.2. The summed E-state index contributed by atoms with van der Waals surface area (Å²) in [7, 11) is 0. The first-order valence-corrected chi connectivity index (χ1v) is 9.01. The van der Waals surface area contributed by atoms with Crippen LogP contribution in [0.1, 0.15) is 58.3 Å². The molecule has 3 nitrogen and oxygen atoms in total. The van der Waals surface area contributed by atoms with Gasteiger partial charge in [0.05, 0.1) is 5.76 Å². The largest absolute Gasteiger partial charge is 0.512 e. The minimum absolute atomic E-state index is 0.189. The SMILES string of the molecule is CC/C=C\C/C=C\C/C(O)=C/C/C=C\C/C=C\C/C=C\CCC(=O)O. The van der Waals surface area contributed by atoms with Gasteiger partial charge in [0, 0.05) is 12.8 Å². The Bertz CT molecular complexity index is 505. The van der Waals surface area contributed by atoms with Crippen LogP contribution in [0.5, 0.6) is 0 Å². The molecule has 0 aliphatic carbocycles. The number of allylic oxidation sites excluding steroid dienone is 11. The van der Waals surface area contributed by atoms with Gasteiger partial charge in [-0.1, -0.05) is 67.7 Å². The second-order valence-electron chi connectivity index (χ2n) is 5.54. The summed E-state index contributed by atoms with van der Waals surface area (Å²) in [5, 5.41) is 18.2. The van der Waals surface area contributed by atoms with Gasteiger partial charge in [-0.25, -0.2) is 0 Å². The monoisotopic (exact) mass is 344 g/mol. The summed E-state index contributed by atoms with van der Waals surface area (Å²) in [5.41, 5.74) is 0. The molecule has 0 unspecified atom stereocenters. The molecule has 0 spiro atoms. The lowest BCUT2D eigenvalue weighted by atomic mass is 10.2. The molecule has 0 fully saturated rings. The topological polar surface area (TPSA) is 57.5 Å². The second kappa shape index (κ2) is 18.1. The predicted octanol–water partition coefficient (Wildman–Crippen LogP) is 6.43. The van der Waals surface area contributed by atoms with Gasteiger partial charge >= 0.3 is 5.97 Å². The zero-order valence-corrected chi connectivity index (χ0v) is 15.3. The van der Waals surface area contributed by atoms with Gasteiger partial charge in [0.25, 0.3) is 0 Å². The van der Waals surface area contributed by atoms with E-state index in [1.807, 2.05) is 30.4 Å². The van der Waals surface area contributed by atoms with E-state index in [0.29, 0.717) is 18.6 Å². The van der Waals surface area contributed by atoms with Crippen LogP contribution in [0.3, 0.4) is 0 Å². The molecule has 0 bridgehead atoms. The summed E-state index contributed by atoms with van der Waals surface area (Å²) in [6.07, 6.45) is 28.0. The molecule has 2 N–H and O–H groups in total. The maximum Gasteiger partial charge on any atom is 0.303 e. The average Bonchev–Trinajstić information content (AvgIpc) is 2.58. The van der Waals surface area contributed by atoms with E-state index in [-0.39, 0.29) is 6.42 Å². The third kappa shape index (κ3) is 19.7. The Balaban J connectivity index is 3.70. The van der Waals surface area contributed by atoms with E-state index in [9.17, 15) is 9.90 Å². The van der Waals surface area contributed by atoms with Gasteiger partial charge in [-0.05, 0) is 44.6 Å². The van der Waals surface area contributed by atoms with Crippen molar-refractivity contribution < 1.29 is 15.0 Å². The zero-order chi connectivity index (χ0) is 18.6. The Hall–Kier alpha value is -2.29. The van der Waals surface area contributed by atoms with Crippen molar-refractivity contribution in [2.75, 3.05) is 0 Å². The minimum Gasteiger partial charge on any atom is -0.512 e. The van der Waals surface area contributed by atoms with Gasteiger partial charge in [-0.2, -0.15) is 0 Å². The van der Waals surface area contributed by atoms with E-state index in [4.69, 9.17) is 5.11 Å². The van der Waals surface area contributed by atoms with Crippen molar-refractivity contribution in [1.82, 2.24) is 0 Å². The van der Waals surface area contributed by atoms with Gasteiger partial charge < -0.3 is 10.2 Å². The van der Waals surface area contributed by atoms with Crippen molar-refractivity contribution in [3.63, 3.8) is 0 Å². The molecular formula is C22H32O3. The van der Waals surface area contributed by atoms with Crippen molar-refractivity contribution in [2.45, 2.75) is 58.3 Å². The molecule has 0 atom stereocenters. The predicted molar refractivity (Wildman–Crippen MR) is 107 cm³/mol. The van der Waals surface area contributed by atoms with Crippen LogP contribution < -0.4 is 0 Å². The van der Waals surface area contributed by atoms with Crippen LogP contribution in [0, 0.1) is 0 Å². The molecule has 0 aromatic heterocycles. The third-order valence-electron chi connectivity index (χ3n) is 3.23. The molecule has 0 saturated heterocycles. The highest BCUT2D eigenvalue weighted by atomic mass is 16.4. The first kappa shape index (κ1) is 22.7. The molecule has 0 heterocycles. The zero-order valence-electron chi connectivity index (χ0n) is 15.3. The molecule has 0 radical (unpaired) electrons. The van der Waals surface area contributed by atoms with E-state index in [0.717, 1.165) is 32.1 Å². The van der Waals surface area contributed by atoms with Crippen LogP contribution in [-0.2, 0) is 4.79 Å². The summed E-state index contributed by atoms with van der Waals surface area (Å²) in [6.45, 7) is 2.11. The summed E-state index contributed by atoms with van der Waals surface area (Å²) < 4.78 is 0. The van der Waals surface area contributed by atoms with Crippen LogP contribution in [0.25, 0.3) is 0 Å². The van der Waals surface area contributed by atoms with E-state index >= 15 is 0 Å². The van der Waals surface area contributed by atoms with Crippen LogP contribution in [-0.4, -0.2) is 16.2 Å². The van der Waals surface area contributed by atoms with E-state index < -0.39 is 5.97 Å². The number of rotatable bonds is 14. The fraction of sp³-hybridized carbons (Fsp3) is 0.409. The number of hydrogen-bond donors (Lipinski definition) is 2. The Labute approximate surface area is 152 Å². The third-order valence-corrected chi connectivity index (χ3v) is 3.23. The lowest BCUT2D eigenvalue weighted by Crippen LogP contribution is -1.91. The fourth-order valence-corrected chi connectivity index (χ4v) is 1.89. The molecule has 25 heavy (non-hydrogen) atoms. The second-order valence-corrected chi connectivity index (χ2v) is 5.54. The highest BCUT2D eigenvalue weighted by Gasteiger charge is 1.90. The number of carboxylic acids is 1. The van der Waals surface area contributed by atoms with Crippen LogP contribution in [0.4, 0.5) is 0 Å². The van der Waals surface area contributed by atoms with Crippen LogP contribution in [0.15, 0.2) is 72.6 Å². The highest BCUT2D eigenvalue weighted by Crippen LogP contribution is 2.02. The minimum atomic E-state index is -0.759. The van der Waals surface area contributed by atoms with E-state index in [1.165, 1.54) is 0 Å². The number of carboxylic acid groups (broad SMARTS) is 1. The maximum absolute atomic E-state index is 10.3. The number of aliphatic hydroxyl groups is 1. The number of carbonyl (C=O) groups is 1. The Morgan fingerprint density at radius 2 is 1.24 bits per heavy atom. The first-order valence-electron chi connectivity index (χ1n) is 9.01. The maximum atomic E-state index is 10.3. The van der Waals surface area contributed by atoms with Gasteiger partial charge in [0.2, 0.25) is 0 Å². The highest BCUT2D eigenvalue weighted by molar-refractivity contribution is 5.66. The van der Waals surface area contributed by atoms with E-state index in [1.54, 1.807) is 0 Å². The average molecular weight is 344 g/mol. The van der Waals surface area contributed by atoms with Crippen LogP contribution in [0.2, 0.25) is 0 Å². The molecule has 0 amide bonds. The summed E-state index contributed by atoms with van der Waals surface area (Å²) >= 11 is 0. The van der Waals surface area contributed by atoms with Gasteiger partial charge in [0.15, 0.2) is 0 Å². The number of aliphatic hydroxyl groups excluding tert-OH is 1. The molecular weight excluding hydrogens is 312 g/mol. The molecule has 138 valence electrons. The van der Waals surface area contributed by atoms with Crippen molar-refractivity contribution >= 4 is 5.97 Å². The van der Waals surface area contributed by atoms with Crippen molar-refractivity contribution in [3.8, 4) is 0 Å². The number of aliphatic carboxylic acids is 1. The molecule has 0 aliphatic rings. The fourth-order valence-electron chi connectivity index (χ4n) is 1.89. The van der Waals surface area contributed by atoms with Gasteiger partial charge in [0.1, 0.15) is 0 Å². The lowest BCUT2D eigenvalue weighted by Gasteiger charge is -1.93. The molecule has 0 aromatic carbocycles. The van der Waals surface area contributed by atoms with Crippen molar-refractivity contribution in [3.05, 3.63) is 72.6 Å². The summed E-state index contributed by atoms with van der Waals surface area (Å²) in [6, 6.07) is 0. The quantitative estimate of drug-likeness (QED) is 0.282. The lowest BCUT2D eigenvalue weighted by molar-refractivity contribution is -0.136.